The van der Waals surface area contributed by atoms with Crippen LogP contribution in [0.3, 0.4) is 0 Å². The summed E-state index contributed by atoms with van der Waals surface area (Å²) in [5.41, 5.74) is 3.73. The maximum Gasteiger partial charge on any atom is 0.329 e. The quantitative estimate of drug-likeness (QED) is 0.106. The third-order valence-corrected chi connectivity index (χ3v) is 6.03. The lowest BCUT2D eigenvalue weighted by molar-refractivity contribution is -0.136. The molecule has 3 aromatic carbocycles. The molecule has 0 spiro atoms. The number of methoxy groups -OCH3 is 1. The van der Waals surface area contributed by atoms with Gasteiger partial charge >= 0.3 is 11.8 Å². The molecule has 40 heavy (non-hydrogen) atoms. The van der Waals surface area contributed by atoms with Crippen LogP contribution in [0.5, 0.6) is 17.2 Å². The van der Waals surface area contributed by atoms with Crippen molar-refractivity contribution in [3.63, 3.8) is 0 Å². The van der Waals surface area contributed by atoms with Gasteiger partial charge in [-0.15, -0.1) is 0 Å². The highest BCUT2D eigenvalue weighted by Gasteiger charge is 2.15. The fourth-order valence-corrected chi connectivity index (χ4v) is 3.90. The van der Waals surface area contributed by atoms with Crippen LogP contribution in [0.2, 0.25) is 5.02 Å². The number of carbonyl (C=O) groups is 3. The normalized spacial score (nSPS) is 10.6. The fourth-order valence-electron chi connectivity index (χ4n) is 3.20. The van der Waals surface area contributed by atoms with E-state index in [1.54, 1.807) is 60.7 Å². The first kappa shape index (κ1) is 30.5. The van der Waals surface area contributed by atoms with Crippen molar-refractivity contribution >= 4 is 62.8 Å². The molecule has 3 rings (SSSR count). The molecule has 3 N–H and O–H groups in total. The van der Waals surface area contributed by atoms with Gasteiger partial charge in [0.1, 0.15) is 5.75 Å². The Morgan fingerprint density at radius 3 is 2.30 bits per heavy atom. The first-order chi connectivity index (χ1) is 19.3. The van der Waals surface area contributed by atoms with Crippen molar-refractivity contribution in [2.75, 3.05) is 31.0 Å². The molecular formula is C28H28BrClN4O6. The van der Waals surface area contributed by atoms with Crippen molar-refractivity contribution in [2.24, 2.45) is 5.10 Å². The van der Waals surface area contributed by atoms with Gasteiger partial charge in [-0.1, -0.05) is 24.9 Å². The van der Waals surface area contributed by atoms with Gasteiger partial charge in [-0.2, -0.15) is 5.10 Å². The highest BCUT2D eigenvalue weighted by atomic mass is 79.9. The molecule has 0 aliphatic carbocycles. The van der Waals surface area contributed by atoms with Crippen LogP contribution >= 0.6 is 27.5 Å². The predicted molar refractivity (Wildman–Crippen MR) is 157 cm³/mol. The Bertz CT molecular complexity index is 1350. The van der Waals surface area contributed by atoms with Gasteiger partial charge in [0, 0.05) is 16.4 Å². The summed E-state index contributed by atoms with van der Waals surface area (Å²) in [6.07, 6.45) is 3.31. The van der Waals surface area contributed by atoms with Crippen molar-refractivity contribution in [1.82, 2.24) is 5.43 Å². The molecule has 3 amide bonds. The first-order valence-electron chi connectivity index (χ1n) is 12.2. The maximum absolute atomic E-state index is 12.3. The Labute approximate surface area is 245 Å². The number of benzene rings is 3. The number of halogens is 2. The molecule has 0 saturated carbocycles. The van der Waals surface area contributed by atoms with Crippen molar-refractivity contribution in [3.8, 4) is 17.2 Å². The first-order valence-corrected chi connectivity index (χ1v) is 13.4. The molecule has 0 atom stereocenters. The lowest BCUT2D eigenvalue weighted by Crippen LogP contribution is -2.32. The summed E-state index contributed by atoms with van der Waals surface area (Å²) in [5, 5.41) is 9.60. The van der Waals surface area contributed by atoms with E-state index in [0.29, 0.717) is 50.3 Å². The van der Waals surface area contributed by atoms with Crippen molar-refractivity contribution < 1.29 is 28.6 Å². The summed E-state index contributed by atoms with van der Waals surface area (Å²) in [7, 11) is 1.44. The molecule has 0 aliphatic rings. The summed E-state index contributed by atoms with van der Waals surface area (Å²) >= 11 is 9.25. The smallest absolute Gasteiger partial charge is 0.329 e. The molecule has 210 valence electrons. The minimum Gasteiger partial charge on any atom is -0.494 e. The number of hydrogen-bond acceptors (Lipinski definition) is 7. The van der Waals surface area contributed by atoms with Gasteiger partial charge in [0.25, 0.3) is 5.91 Å². The van der Waals surface area contributed by atoms with E-state index in [0.717, 1.165) is 12.8 Å². The summed E-state index contributed by atoms with van der Waals surface area (Å²) in [6, 6.07) is 16.6. The van der Waals surface area contributed by atoms with Gasteiger partial charge in [0.15, 0.2) is 18.1 Å². The third kappa shape index (κ3) is 9.58. The number of amides is 3. The molecule has 0 heterocycles. The summed E-state index contributed by atoms with van der Waals surface area (Å²) < 4.78 is 17.1. The Hall–Kier alpha value is -4.09. The SMILES string of the molecule is CCCCOc1ccc(NC(=O)C(=O)N/N=C\c2cc(Br)c(OCC(=O)Nc3ccc(Cl)cc3)c(OC)c2)cc1. The zero-order valence-corrected chi connectivity index (χ0v) is 24.2. The van der Waals surface area contributed by atoms with Gasteiger partial charge in [-0.25, -0.2) is 5.43 Å². The predicted octanol–water partition coefficient (Wildman–Crippen LogP) is 5.40. The average molecular weight is 632 g/mol. The number of nitrogens with zero attached hydrogens (tertiary/aromatic N) is 1. The number of ether oxygens (including phenoxy) is 3. The number of carbonyl (C=O) groups excluding carboxylic acids is 3. The van der Waals surface area contributed by atoms with Gasteiger partial charge in [0.05, 0.1) is 24.4 Å². The molecular weight excluding hydrogens is 604 g/mol. The van der Waals surface area contributed by atoms with Crippen molar-refractivity contribution in [1.29, 1.82) is 0 Å². The van der Waals surface area contributed by atoms with Gasteiger partial charge in [0.2, 0.25) is 0 Å². The maximum atomic E-state index is 12.3. The van der Waals surface area contributed by atoms with Crippen LogP contribution in [-0.2, 0) is 14.4 Å². The van der Waals surface area contributed by atoms with E-state index in [1.807, 2.05) is 0 Å². The molecule has 0 aliphatic heterocycles. The van der Waals surface area contributed by atoms with Crippen molar-refractivity contribution in [2.45, 2.75) is 19.8 Å². The highest BCUT2D eigenvalue weighted by Crippen LogP contribution is 2.36. The molecule has 10 nitrogen and oxygen atoms in total. The number of anilines is 2. The number of hydrogen-bond donors (Lipinski definition) is 3. The molecule has 3 aromatic rings. The van der Waals surface area contributed by atoms with Gasteiger partial charge in [-0.05, 0) is 88.6 Å². The molecule has 0 aromatic heterocycles. The highest BCUT2D eigenvalue weighted by molar-refractivity contribution is 9.10. The number of unbranched alkanes of at least 4 members (excludes halogenated alkanes) is 1. The van der Waals surface area contributed by atoms with Crippen LogP contribution in [0, 0.1) is 0 Å². The fraction of sp³-hybridized carbons (Fsp3) is 0.214. The number of nitrogens with one attached hydrogen (secondary N) is 3. The summed E-state index contributed by atoms with van der Waals surface area (Å²) in [6.45, 7) is 2.42. The topological polar surface area (TPSA) is 127 Å². The Balaban J connectivity index is 1.52. The van der Waals surface area contributed by atoms with E-state index in [-0.39, 0.29) is 12.5 Å². The third-order valence-electron chi connectivity index (χ3n) is 5.19. The van der Waals surface area contributed by atoms with Gasteiger partial charge < -0.3 is 24.8 Å². The minimum absolute atomic E-state index is 0.273. The second kappa shape index (κ2) is 15.5. The van der Waals surface area contributed by atoms with E-state index in [2.05, 4.69) is 44.0 Å². The molecule has 0 radical (unpaired) electrons. The largest absolute Gasteiger partial charge is 0.494 e. The standard InChI is InChI=1S/C28H28BrClN4O6/c1-3-4-13-39-22-11-9-21(10-12-22)33-27(36)28(37)34-31-16-18-14-23(29)26(24(15-18)38-2)40-17-25(35)32-20-7-5-19(30)6-8-20/h5-12,14-16H,3-4,13,17H2,1-2H3,(H,32,35)(H,33,36)(H,34,37)/b31-16-. The van der Waals surface area contributed by atoms with E-state index in [9.17, 15) is 14.4 Å². The second-order valence-electron chi connectivity index (χ2n) is 8.26. The van der Waals surface area contributed by atoms with Crippen LogP contribution in [0.25, 0.3) is 0 Å². The summed E-state index contributed by atoms with van der Waals surface area (Å²) in [4.78, 5) is 36.6. The Morgan fingerprint density at radius 1 is 0.950 bits per heavy atom. The monoisotopic (exact) mass is 630 g/mol. The van der Waals surface area contributed by atoms with Crippen LogP contribution in [-0.4, -0.2) is 44.3 Å². The number of hydrazone groups is 1. The van der Waals surface area contributed by atoms with Crippen LogP contribution in [0.4, 0.5) is 11.4 Å². The van der Waals surface area contributed by atoms with E-state index >= 15 is 0 Å². The number of rotatable bonds is 12. The van der Waals surface area contributed by atoms with E-state index in [4.69, 9.17) is 25.8 Å². The van der Waals surface area contributed by atoms with Gasteiger partial charge in [-0.3, -0.25) is 14.4 Å². The van der Waals surface area contributed by atoms with Crippen molar-refractivity contribution in [3.05, 3.63) is 75.7 Å². The molecule has 0 bridgehead atoms. The Morgan fingerprint density at radius 2 is 1.62 bits per heavy atom. The minimum atomic E-state index is -0.947. The van der Waals surface area contributed by atoms with Crippen LogP contribution in [0.15, 0.2) is 70.2 Å². The van der Waals surface area contributed by atoms with Crippen LogP contribution < -0.4 is 30.3 Å². The zero-order chi connectivity index (χ0) is 28.9. The lowest BCUT2D eigenvalue weighted by atomic mass is 10.2. The lowest BCUT2D eigenvalue weighted by Gasteiger charge is -2.13. The van der Waals surface area contributed by atoms with Crippen LogP contribution in [0.1, 0.15) is 25.3 Å². The van der Waals surface area contributed by atoms with E-state index < -0.39 is 11.8 Å². The van der Waals surface area contributed by atoms with E-state index in [1.165, 1.54) is 13.3 Å². The summed E-state index contributed by atoms with van der Waals surface area (Å²) in [5.74, 6) is -0.898. The Kier molecular flexibility index (Phi) is 11.8. The molecule has 12 heteroatoms. The zero-order valence-electron chi connectivity index (χ0n) is 21.8. The molecule has 0 unspecified atom stereocenters. The second-order valence-corrected chi connectivity index (χ2v) is 9.55. The average Bonchev–Trinajstić information content (AvgIpc) is 2.94. The molecule has 0 fully saturated rings. The molecule has 0 saturated heterocycles.